The fourth-order valence-corrected chi connectivity index (χ4v) is 5.11. The number of rotatable bonds is 4. The Morgan fingerprint density at radius 3 is 2.62 bits per heavy atom. The van der Waals surface area contributed by atoms with Crippen molar-refractivity contribution >= 4 is 5.70 Å². The molecule has 1 aromatic rings. The molecule has 1 atom stereocenters. The summed E-state index contributed by atoms with van der Waals surface area (Å²) in [5.74, 6) is 1.06. The molecular formula is C22H25F3N4O3. The predicted molar refractivity (Wildman–Crippen MR) is 110 cm³/mol. The zero-order valence-electron chi connectivity index (χ0n) is 17.7. The highest BCUT2D eigenvalue weighted by molar-refractivity contribution is 5.73. The third-order valence-corrected chi connectivity index (χ3v) is 7.05. The lowest BCUT2D eigenvalue weighted by Crippen LogP contribution is -2.59. The van der Waals surface area contributed by atoms with Crippen LogP contribution in [0.2, 0.25) is 0 Å². The zero-order valence-corrected chi connectivity index (χ0v) is 17.7. The quantitative estimate of drug-likeness (QED) is 0.559. The van der Waals surface area contributed by atoms with Crippen LogP contribution in [0.25, 0.3) is 5.70 Å². The summed E-state index contributed by atoms with van der Waals surface area (Å²) in [6.45, 7) is 2.90. The summed E-state index contributed by atoms with van der Waals surface area (Å²) in [6, 6.07) is 4.25. The number of hydrogen-bond donors (Lipinski definition) is 4. The largest absolute Gasteiger partial charge is 0.421 e. The fraction of sp³-hybridized carbons (Fsp3) is 0.455. The van der Waals surface area contributed by atoms with Crippen LogP contribution in [0.4, 0.5) is 13.2 Å². The van der Waals surface area contributed by atoms with E-state index in [1.807, 2.05) is 16.0 Å². The topological polar surface area (TPSA) is 94.2 Å². The fourth-order valence-electron chi connectivity index (χ4n) is 5.11. The standard InChI is InChI=1S/C22H25F3N4O3/c1-13-3-4-14(19(2,31)22(23,24)25)7-15(13)16-8-29(18-17(26)27-5-6-28(16)18)20-9-21(10-20,11-30)32-12-20/h3-8,27,30-31H,9-12,26H2,1-2H3. The van der Waals surface area contributed by atoms with Gasteiger partial charge >= 0.3 is 6.18 Å². The Bertz CT molecular complexity index is 1070. The number of ether oxygens (including phenoxy) is 1. The highest BCUT2D eigenvalue weighted by Crippen LogP contribution is 2.58. The summed E-state index contributed by atoms with van der Waals surface area (Å²) in [6.07, 6.45) is 1.70. The maximum atomic E-state index is 13.5. The minimum Gasteiger partial charge on any atom is -0.393 e. The second kappa shape index (κ2) is 6.43. The first-order chi connectivity index (χ1) is 14.9. The Balaban J connectivity index is 1.60. The molecule has 172 valence electrons. The number of aliphatic hydroxyl groups excluding tert-OH is 1. The first-order valence-electron chi connectivity index (χ1n) is 10.3. The van der Waals surface area contributed by atoms with Gasteiger partial charge in [0.2, 0.25) is 0 Å². The average molecular weight is 450 g/mol. The molecule has 2 bridgehead atoms. The van der Waals surface area contributed by atoms with Crippen molar-refractivity contribution < 1.29 is 28.1 Å². The van der Waals surface area contributed by atoms with Crippen LogP contribution in [0.1, 0.15) is 36.5 Å². The minimum atomic E-state index is -4.82. The molecule has 0 aromatic heterocycles. The first-order valence-corrected chi connectivity index (χ1v) is 10.3. The molecule has 1 aliphatic carbocycles. The van der Waals surface area contributed by atoms with Crippen molar-refractivity contribution in [1.82, 2.24) is 15.1 Å². The molecule has 6 rings (SSSR count). The normalized spacial score (nSPS) is 30.7. The molecule has 1 saturated carbocycles. The van der Waals surface area contributed by atoms with Crippen LogP contribution in [0, 0.1) is 6.92 Å². The van der Waals surface area contributed by atoms with Gasteiger partial charge < -0.3 is 30.9 Å². The number of aliphatic hydroxyl groups is 2. The zero-order chi connectivity index (χ0) is 23.1. The Hall–Kier alpha value is -2.69. The van der Waals surface area contributed by atoms with Gasteiger partial charge in [-0.3, -0.25) is 4.90 Å². The van der Waals surface area contributed by atoms with E-state index in [0.29, 0.717) is 42.4 Å². The van der Waals surface area contributed by atoms with E-state index in [-0.39, 0.29) is 12.2 Å². The van der Waals surface area contributed by atoms with Crippen LogP contribution in [-0.2, 0) is 10.3 Å². The molecule has 7 nitrogen and oxygen atoms in total. The van der Waals surface area contributed by atoms with Crippen LogP contribution in [-0.4, -0.2) is 50.5 Å². The van der Waals surface area contributed by atoms with Crippen molar-refractivity contribution in [3.8, 4) is 0 Å². The Morgan fingerprint density at radius 2 is 2.00 bits per heavy atom. The molecule has 3 fully saturated rings. The molecule has 0 spiro atoms. The van der Waals surface area contributed by atoms with Gasteiger partial charge in [0.1, 0.15) is 5.82 Å². The van der Waals surface area contributed by atoms with Gasteiger partial charge in [-0.05, 0) is 31.0 Å². The van der Waals surface area contributed by atoms with Gasteiger partial charge in [0.05, 0.1) is 30.1 Å². The lowest BCUT2D eigenvalue weighted by molar-refractivity contribution is -0.258. The molecule has 5 aliphatic rings. The molecule has 0 amide bonds. The lowest BCUT2D eigenvalue weighted by Gasteiger charge is -2.49. The van der Waals surface area contributed by atoms with Crippen molar-refractivity contribution in [2.75, 3.05) is 13.2 Å². The molecule has 4 aliphatic heterocycles. The van der Waals surface area contributed by atoms with E-state index in [9.17, 15) is 23.4 Å². The van der Waals surface area contributed by atoms with Gasteiger partial charge in [-0.25, -0.2) is 0 Å². The van der Waals surface area contributed by atoms with Crippen molar-refractivity contribution in [2.45, 2.75) is 49.6 Å². The average Bonchev–Trinajstić information content (AvgIpc) is 3.37. The summed E-state index contributed by atoms with van der Waals surface area (Å²) >= 11 is 0. The number of alkyl halides is 3. The van der Waals surface area contributed by atoms with Gasteiger partial charge in [-0.15, -0.1) is 0 Å². The van der Waals surface area contributed by atoms with E-state index in [1.165, 1.54) is 12.1 Å². The van der Waals surface area contributed by atoms with E-state index in [0.717, 1.165) is 12.5 Å². The van der Waals surface area contributed by atoms with Crippen LogP contribution in [0.15, 0.2) is 48.4 Å². The summed E-state index contributed by atoms with van der Waals surface area (Å²) in [7, 11) is 0. The highest BCUT2D eigenvalue weighted by atomic mass is 19.4. The molecule has 10 heteroatoms. The van der Waals surface area contributed by atoms with Gasteiger partial charge in [0.15, 0.2) is 11.4 Å². The van der Waals surface area contributed by atoms with Gasteiger partial charge in [0, 0.05) is 37.0 Å². The number of aryl methyl sites for hydroxylation is 1. The van der Waals surface area contributed by atoms with E-state index in [1.54, 1.807) is 25.4 Å². The number of hydrogen-bond acceptors (Lipinski definition) is 7. The van der Waals surface area contributed by atoms with E-state index in [4.69, 9.17) is 10.5 Å². The SMILES string of the molecule is Cc1ccc(C(C)(O)C(F)(F)F)cc1C1=CN(C23COC(CO)(C2)C3)C2=C(N)NC=CN12. The molecule has 1 unspecified atom stereocenters. The van der Waals surface area contributed by atoms with E-state index < -0.39 is 22.9 Å². The second-order valence-electron chi connectivity index (χ2n) is 9.26. The Morgan fingerprint density at radius 1 is 1.28 bits per heavy atom. The smallest absolute Gasteiger partial charge is 0.393 e. The van der Waals surface area contributed by atoms with Crippen molar-refractivity contribution in [2.24, 2.45) is 5.73 Å². The highest BCUT2D eigenvalue weighted by Gasteiger charge is 2.66. The number of halogens is 3. The molecule has 5 N–H and O–H groups in total. The molecule has 0 radical (unpaired) electrons. The van der Waals surface area contributed by atoms with Gasteiger partial charge in [0.25, 0.3) is 0 Å². The van der Waals surface area contributed by atoms with E-state index >= 15 is 0 Å². The van der Waals surface area contributed by atoms with Crippen molar-refractivity contribution in [3.05, 3.63) is 65.1 Å². The van der Waals surface area contributed by atoms with Crippen LogP contribution < -0.4 is 11.1 Å². The lowest BCUT2D eigenvalue weighted by atomic mass is 9.68. The Labute approximate surface area is 183 Å². The molecule has 4 heterocycles. The van der Waals surface area contributed by atoms with Crippen LogP contribution in [0.3, 0.4) is 0 Å². The predicted octanol–water partition coefficient (Wildman–Crippen LogP) is 2.13. The summed E-state index contributed by atoms with van der Waals surface area (Å²) in [5.41, 5.74) is 4.05. The maximum Gasteiger partial charge on any atom is 0.421 e. The number of fused-ring (bicyclic) bond motifs is 2. The van der Waals surface area contributed by atoms with Crippen molar-refractivity contribution in [1.29, 1.82) is 0 Å². The number of benzene rings is 1. The van der Waals surface area contributed by atoms with Crippen LogP contribution >= 0.6 is 0 Å². The number of nitrogens with one attached hydrogen (secondary N) is 1. The van der Waals surface area contributed by atoms with Crippen LogP contribution in [0.5, 0.6) is 0 Å². The Kier molecular flexibility index (Phi) is 4.25. The van der Waals surface area contributed by atoms with Gasteiger partial charge in [-0.2, -0.15) is 13.2 Å². The maximum absolute atomic E-state index is 13.5. The molecule has 2 saturated heterocycles. The third-order valence-electron chi connectivity index (χ3n) is 7.05. The van der Waals surface area contributed by atoms with Crippen molar-refractivity contribution in [3.63, 3.8) is 0 Å². The molecule has 32 heavy (non-hydrogen) atoms. The molecular weight excluding hydrogens is 425 g/mol. The number of nitrogens with zero attached hydrogens (tertiary/aromatic N) is 2. The molecule has 1 aromatic carbocycles. The summed E-state index contributed by atoms with van der Waals surface area (Å²) < 4.78 is 46.3. The minimum absolute atomic E-state index is 0.0662. The summed E-state index contributed by atoms with van der Waals surface area (Å²) in [4.78, 5) is 3.83. The first kappa shape index (κ1) is 21.2. The summed E-state index contributed by atoms with van der Waals surface area (Å²) in [5, 5.41) is 22.9. The number of nitrogens with two attached hydrogens (primary N) is 1. The monoisotopic (exact) mass is 450 g/mol. The second-order valence-corrected chi connectivity index (χ2v) is 9.26. The van der Waals surface area contributed by atoms with E-state index in [2.05, 4.69) is 5.32 Å². The third kappa shape index (κ3) is 2.72. The van der Waals surface area contributed by atoms with Gasteiger partial charge in [-0.1, -0.05) is 12.1 Å².